The van der Waals surface area contributed by atoms with Gasteiger partial charge in [0.15, 0.2) is 15.5 Å². The van der Waals surface area contributed by atoms with Crippen LogP contribution in [0.2, 0.25) is 0 Å². The molecule has 0 radical (unpaired) electrons. The molecular weight excluding hydrogens is 252 g/mol. The number of sulfone groups is 1. The van der Waals surface area contributed by atoms with Crippen molar-refractivity contribution in [3.63, 3.8) is 0 Å². The predicted octanol–water partition coefficient (Wildman–Crippen LogP) is 0.250. The number of hydrogen-bond acceptors (Lipinski definition) is 5. The molecule has 1 atom stereocenters. The van der Waals surface area contributed by atoms with Crippen LogP contribution in [0.15, 0.2) is 18.3 Å². The zero-order valence-electron chi connectivity index (χ0n) is 9.78. The molecule has 1 aliphatic heterocycles. The van der Waals surface area contributed by atoms with Gasteiger partial charge >= 0.3 is 0 Å². The molecule has 1 fully saturated rings. The average Bonchev–Trinajstić information content (AvgIpc) is 2.88. The Kier molecular flexibility index (Phi) is 2.60. The highest BCUT2D eigenvalue weighted by Crippen LogP contribution is 2.28. The van der Waals surface area contributed by atoms with Crippen molar-refractivity contribution in [3.05, 3.63) is 24.2 Å². The SMILES string of the molecule is NCc1nc2cccnc2n1C1CCS(=O)(=O)C1. The van der Waals surface area contributed by atoms with Gasteiger partial charge in [0.2, 0.25) is 0 Å². The second-order valence-electron chi connectivity index (χ2n) is 4.51. The van der Waals surface area contributed by atoms with Crippen LogP contribution in [0.4, 0.5) is 0 Å². The molecule has 7 heteroatoms. The van der Waals surface area contributed by atoms with Gasteiger partial charge in [-0.3, -0.25) is 0 Å². The summed E-state index contributed by atoms with van der Waals surface area (Å²) in [7, 11) is -2.93. The Morgan fingerprint density at radius 3 is 3.00 bits per heavy atom. The Hall–Kier alpha value is -1.47. The Labute approximate surface area is 105 Å². The third kappa shape index (κ3) is 1.79. The van der Waals surface area contributed by atoms with Crippen LogP contribution in [0.5, 0.6) is 0 Å². The normalized spacial score (nSPS) is 22.6. The largest absolute Gasteiger partial charge is 0.324 e. The molecule has 3 rings (SSSR count). The zero-order chi connectivity index (χ0) is 12.8. The van der Waals surface area contributed by atoms with Crippen molar-refractivity contribution in [1.29, 1.82) is 0 Å². The van der Waals surface area contributed by atoms with Gasteiger partial charge in [-0.15, -0.1) is 0 Å². The number of fused-ring (bicyclic) bond motifs is 1. The van der Waals surface area contributed by atoms with Gasteiger partial charge in [-0.1, -0.05) is 0 Å². The smallest absolute Gasteiger partial charge is 0.160 e. The third-order valence-electron chi connectivity index (χ3n) is 3.28. The van der Waals surface area contributed by atoms with Crippen LogP contribution in [0.1, 0.15) is 18.3 Å². The monoisotopic (exact) mass is 266 g/mol. The number of nitrogens with zero attached hydrogens (tertiary/aromatic N) is 3. The summed E-state index contributed by atoms with van der Waals surface area (Å²) < 4.78 is 25.1. The number of hydrogen-bond donors (Lipinski definition) is 1. The second-order valence-corrected chi connectivity index (χ2v) is 6.73. The number of imidazole rings is 1. The molecule has 2 aromatic rings. The average molecular weight is 266 g/mol. The van der Waals surface area contributed by atoms with Gasteiger partial charge in [0.05, 0.1) is 24.1 Å². The molecule has 0 aliphatic carbocycles. The Bertz CT molecular complexity index is 692. The molecule has 6 nitrogen and oxygen atoms in total. The summed E-state index contributed by atoms with van der Waals surface area (Å²) in [5.74, 6) is 1.08. The van der Waals surface area contributed by atoms with E-state index in [2.05, 4.69) is 9.97 Å². The van der Waals surface area contributed by atoms with E-state index in [1.54, 1.807) is 6.20 Å². The van der Waals surface area contributed by atoms with Crippen LogP contribution in [-0.4, -0.2) is 34.5 Å². The van der Waals surface area contributed by atoms with Crippen LogP contribution in [0.3, 0.4) is 0 Å². The first-order chi connectivity index (χ1) is 8.61. The van der Waals surface area contributed by atoms with Gasteiger partial charge in [0.1, 0.15) is 11.3 Å². The highest BCUT2D eigenvalue weighted by atomic mass is 32.2. The van der Waals surface area contributed by atoms with Gasteiger partial charge in [0, 0.05) is 6.20 Å². The molecule has 2 aromatic heterocycles. The molecule has 0 aromatic carbocycles. The molecular formula is C11H14N4O2S. The first kappa shape index (κ1) is 11.6. The van der Waals surface area contributed by atoms with Gasteiger partial charge in [-0.2, -0.15) is 0 Å². The fourth-order valence-electron chi connectivity index (χ4n) is 2.48. The Morgan fingerprint density at radius 2 is 2.33 bits per heavy atom. The number of nitrogens with two attached hydrogens (primary N) is 1. The van der Waals surface area contributed by atoms with Crippen molar-refractivity contribution in [3.8, 4) is 0 Å². The summed E-state index contributed by atoms with van der Waals surface area (Å²) >= 11 is 0. The van der Waals surface area contributed by atoms with Gasteiger partial charge in [-0.05, 0) is 18.6 Å². The van der Waals surface area contributed by atoms with Crippen molar-refractivity contribution in [2.75, 3.05) is 11.5 Å². The molecule has 0 amide bonds. The lowest BCUT2D eigenvalue weighted by molar-refractivity contribution is 0.542. The fourth-order valence-corrected chi connectivity index (χ4v) is 4.18. The standard InChI is InChI=1S/C11H14N4O2S/c12-6-10-14-9-2-1-4-13-11(9)15(10)8-3-5-18(16,17)7-8/h1-2,4,8H,3,5-7,12H2. The minimum atomic E-state index is -2.93. The van der Waals surface area contributed by atoms with Crippen molar-refractivity contribution in [2.45, 2.75) is 19.0 Å². The lowest BCUT2D eigenvalue weighted by Gasteiger charge is -2.13. The number of rotatable bonds is 2. The Balaban J connectivity index is 2.16. The van der Waals surface area contributed by atoms with Gasteiger partial charge < -0.3 is 10.3 Å². The van der Waals surface area contributed by atoms with E-state index in [0.29, 0.717) is 12.2 Å². The van der Waals surface area contributed by atoms with Crippen LogP contribution < -0.4 is 5.73 Å². The molecule has 0 bridgehead atoms. The minimum Gasteiger partial charge on any atom is -0.324 e. The molecule has 1 aliphatic rings. The maximum absolute atomic E-state index is 11.6. The lowest BCUT2D eigenvalue weighted by Crippen LogP contribution is -2.16. The molecule has 2 N–H and O–H groups in total. The van der Waals surface area contributed by atoms with E-state index in [-0.39, 0.29) is 24.1 Å². The van der Waals surface area contributed by atoms with Gasteiger partial charge in [0.25, 0.3) is 0 Å². The van der Waals surface area contributed by atoms with E-state index in [4.69, 9.17) is 5.73 Å². The van der Waals surface area contributed by atoms with Crippen molar-refractivity contribution < 1.29 is 8.42 Å². The van der Waals surface area contributed by atoms with Crippen molar-refractivity contribution in [2.24, 2.45) is 5.73 Å². The molecule has 0 saturated carbocycles. The minimum absolute atomic E-state index is 0.0894. The lowest BCUT2D eigenvalue weighted by atomic mass is 10.2. The van der Waals surface area contributed by atoms with E-state index >= 15 is 0 Å². The highest BCUT2D eigenvalue weighted by molar-refractivity contribution is 7.91. The summed E-state index contributed by atoms with van der Waals surface area (Å²) in [4.78, 5) is 8.70. The maximum Gasteiger partial charge on any atom is 0.160 e. The molecule has 3 heterocycles. The summed E-state index contributed by atoms with van der Waals surface area (Å²) in [6, 6.07) is 3.58. The second kappa shape index (κ2) is 4.03. The fraction of sp³-hybridized carbons (Fsp3) is 0.455. The van der Waals surface area contributed by atoms with Crippen LogP contribution in [0.25, 0.3) is 11.2 Å². The third-order valence-corrected chi connectivity index (χ3v) is 5.03. The summed E-state index contributed by atoms with van der Waals surface area (Å²) in [6.45, 7) is 0.285. The maximum atomic E-state index is 11.6. The highest BCUT2D eigenvalue weighted by Gasteiger charge is 2.31. The van der Waals surface area contributed by atoms with E-state index in [9.17, 15) is 8.42 Å². The summed E-state index contributed by atoms with van der Waals surface area (Å²) in [5, 5.41) is 0. The van der Waals surface area contributed by atoms with E-state index in [0.717, 1.165) is 11.2 Å². The Morgan fingerprint density at radius 1 is 1.50 bits per heavy atom. The zero-order valence-corrected chi connectivity index (χ0v) is 10.6. The van der Waals surface area contributed by atoms with E-state index in [1.165, 1.54) is 0 Å². The van der Waals surface area contributed by atoms with Crippen molar-refractivity contribution >= 4 is 21.0 Å². The molecule has 96 valence electrons. The van der Waals surface area contributed by atoms with Gasteiger partial charge in [-0.25, -0.2) is 18.4 Å². The van der Waals surface area contributed by atoms with E-state index in [1.807, 2.05) is 16.7 Å². The van der Waals surface area contributed by atoms with Crippen LogP contribution in [0, 0.1) is 0 Å². The first-order valence-electron chi connectivity index (χ1n) is 5.83. The number of pyridine rings is 1. The molecule has 1 saturated heterocycles. The number of aromatic nitrogens is 3. The summed E-state index contributed by atoms with van der Waals surface area (Å²) in [6.07, 6.45) is 2.29. The van der Waals surface area contributed by atoms with Crippen LogP contribution in [-0.2, 0) is 16.4 Å². The van der Waals surface area contributed by atoms with E-state index < -0.39 is 9.84 Å². The van der Waals surface area contributed by atoms with Crippen molar-refractivity contribution in [1.82, 2.24) is 14.5 Å². The molecule has 0 spiro atoms. The first-order valence-corrected chi connectivity index (χ1v) is 7.65. The quantitative estimate of drug-likeness (QED) is 0.841. The topological polar surface area (TPSA) is 90.9 Å². The molecule has 1 unspecified atom stereocenters. The van der Waals surface area contributed by atoms with Crippen LogP contribution >= 0.6 is 0 Å². The summed E-state index contributed by atoms with van der Waals surface area (Å²) in [5.41, 5.74) is 7.18. The predicted molar refractivity (Wildman–Crippen MR) is 67.7 cm³/mol. The molecule has 18 heavy (non-hydrogen) atoms.